The Morgan fingerprint density at radius 1 is 1.32 bits per heavy atom. The van der Waals surface area contributed by atoms with Crippen molar-refractivity contribution in [2.75, 3.05) is 7.05 Å². The molecular weight excluding hydrogens is 281 g/mol. The molecule has 2 rings (SSSR count). The number of hydrogen-bond acceptors (Lipinski definition) is 2. The lowest BCUT2D eigenvalue weighted by molar-refractivity contribution is 0.550. The van der Waals surface area contributed by atoms with Crippen LogP contribution < -0.4 is 5.32 Å². The predicted molar refractivity (Wildman–Crippen MR) is 81.4 cm³/mol. The summed E-state index contributed by atoms with van der Waals surface area (Å²) in [6.07, 6.45) is 2.19. The minimum Gasteiger partial charge on any atom is -0.312 e. The van der Waals surface area contributed by atoms with Gasteiger partial charge in [-0.25, -0.2) is 4.39 Å². The van der Waals surface area contributed by atoms with E-state index in [2.05, 4.69) is 18.3 Å². The topological polar surface area (TPSA) is 12.0 Å². The highest BCUT2D eigenvalue weighted by molar-refractivity contribution is 7.15. The molecule has 1 unspecified atom stereocenters. The molecule has 1 aromatic carbocycles. The number of rotatable bonds is 5. The van der Waals surface area contributed by atoms with E-state index in [0.29, 0.717) is 11.6 Å². The van der Waals surface area contributed by atoms with Crippen molar-refractivity contribution in [2.45, 2.75) is 25.8 Å². The lowest BCUT2D eigenvalue weighted by atomic mass is 10.1. The third-order valence-electron chi connectivity index (χ3n) is 3.11. The van der Waals surface area contributed by atoms with Crippen LogP contribution in [0.2, 0.25) is 5.02 Å². The summed E-state index contributed by atoms with van der Waals surface area (Å²) in [6, 6.07) is 9.49. The van der Waals surface area contributed by atoms with Gasteiger partial charge in [0, 0.05) is 21.4 Å². The van der Waals surface area contributed by atoms with Gasteiger partial charge in [-0.1, -0.05) is 37.1 Å². The molecule has 0 amide bonds. The zero-order valence-electron chi connectivity index (χ0n) is 11.0. The molecule has 0 radical (unpaired) electrons. The largest absolute Gasteiger partial charge is 0.312 e. The monoisotopic (exact) mass is 297 g/mol. The highest BCUT2D eigenvalue weighted by Crippen LogP contribution is 2.35. The number of benzene rings is 1. The molecule has 1 nitrogen and oxygen atoms in total. The van der Waals surface area contributed by atoms with Gasteiger partial charge in [-0.15, -0.1) is 11.3 Å². The lowest BCUT2D eigenvalue weighted by Crippen LogP contribution is -2.14. The highest BCUT2D eigenvalue weighted by Gasteiger charge is 2.14. The first-order chi connectivity index (χ1) is 9.17. The predicted octanol–water partition coefficient (Wildman–Crippen LogP) is 5.27. The van der Waals surface area contributed by atoms with Crippen LogP contribution in [0.1, 0.15) is 30.7 Å². The molecule has 1 heterocycles. The standard InChI is InChI=1S/C15H17ClFNS/c1-3-5-12(18-2)14-9-8-13(19-14)10-6-4-7-11(16)15(10)17/h4,6-9,12,18H,3,5H2,1-2H3. The van der Waals surface area contributed by atoms with Crippen LogP contribution in [0, 0.1) is 5.82 Å². The second-order valence-corrected chi connectivity index (χ2v) is 5.96. The van der Waals surface area contributed by atoms with Gasteiger partial charge >= 0.3 is 0 Å². The van der Waals surface area contributed by atoms with E-state index in [1.165, 1.54) is 4.88 Å². The zero-order valence-corrected chi connectivity index (χ0v) is 12.6. The van der Waals surface area contributed by atoms with Crippen molar-refractivity contribution in [3.8, 4) is 10.4 Å². The van der Waals surface area contributed by atoms with Crippen LogP contribution in [0.15, 0.2) is 30.3 Å². The van der Waals surface area contributed by atoms with Crippen molar-refractivity contribution >= 4 is 22.9 Å². The molecule has 0 spiro atoms. The molecule has 4 heteroatoms. The quantitative estimate of drug-likeness (QED) is 0.793. The van der Waals surface area contributed by atoms with Gasteiger partial charge < -0.3 is 5.32 Å². The van der Waals surface area contributed by atoms with Crippen molar-refractivity contribution in [2.24, 2.45) is 0 Å². The fraction of sp³-hybridized carbons (Fsp3) is 0.333. The van der Waals surface area contributed by atoms with Gasteiger partial charge in [-0.3, -0.25) is 0 Å². The van der Waals surface area contributed by atoms with Crippen LogP contribution in [0.4, 0.5) is 4.39 Å². The van der Waals surface area contributed by atoms with E-state index in [1.54, 1.807) is 29.5 Å². The van der Waals surface area contributed by atoms with E-state index >= 15 is 0 Å². The zero-order chi connectivity index (χ0) is 13.8. The molecule has 0 saturated heterocycles. The Hall–Kier alpha value is -0.900. The molecule has 0 saturated carbocycles. The second kappa shape index (κ2) is 6.51. The molecule has 0 bridgehead atoms. The van der Waals surface area contributed by atoms with Gasteiger partial charge in [-0.2, -0.15) is 0 Å². The van der Waals surface area contributed by atoms with E-state index in [1.807, 2.05) is 13.1 Å². The Balaban J connectivity index is 2.32. The van der Waals surface area contributed by atoms with Crippen LogP contribution in [-0.2, 0) is 0 Å². The molecule has 1 atom stereocenters. The van der Waals surface area contributed by atoms with E-state index < -0.39 is 0 Å². The summed E-state index contributed by atoms with van der Waals surface area (Å²) in [5.41, 5.74) is 0.579. The first kappa shape index (κ1) is 14.5. The van der Waals surface area contributed by atoms with Crippen LogP contribution >= 0.6 is 22.9 Å². The average Bonchev–Trinajstić information content (AvgIpc) is 2.88. The molecule has 1 aromatic heterocycles. The normalized spacial score (nSPS) is 12.6. The van der Waals surface area contributed by atoms with Crippen molar-refractivity contribution in [1.29, 1.82) is 0 Å². The van der Waals surface area contributed by atoms with Gasteiger partial charge in [0.2, 0.25) is 0 Å². The maximum Gasteiger partial charge on any atom is 0.150 e. The molecule has 1 N–H and O–H groups in total. The summed E-state index contributed by atoms with van der Waals surface area (Å²) >= 11 is 7.45. The molecule has 0 fully saturated rings. The smallest absolute Gasteiger partial charge is 0.150 e. The Bertz CT molecular complexity index is 553. The number of halogens is 2. The lowest BCUT2D eigenvalue weighted by Gasteiger charge is -2.12. The molecular formula is C15H17ClFNS. The van der Waals surface area contributed by atoms with Crippen molar-refractivity contribution in [3.63, 3.8) is 0 Å². The fourth-order valence-electron chi connectivity index (χ4n) is 2.10. The summed E-state index contributed by atoms with van der Waals surface area (Å²) in [5, 5.41) is 3.47. The van der Waals surface area contributed by atoms with Crippen LogP contribution in [-0.4, -0.2) is 7.05 Å². The molecule has 102 valence electrons. The van der Waals surface area contributed by atoms with Crippen LogP contribution in [0.25, 0.3) is 10.4 Å². The third-order valence-corrected chi connectivity index (χ3v) is 4.64. The molecule has 0 aliphatic carbocycles. The van der Waals surface area contributed by atoms with Crippen molar-refractivity contribution in [3.05, 3.63) is 46.0 Å². The van der Waals surface area contributed by atoms with Crippen LogP contribution in [0.3, 0.4) is 0 Å². The van der Waals surface area contributed by atoms with Crippen molar-refractivity contribution < 1.29 is 4.39 Å². The third kappa shape index (κ3) is 3.16. The van der Waals surface area contributed by atoms with Crippen molar-refractivity contribution in [1.82, 2.24) is 5.32 Å². The SMILES string of the molecule is CCCC(NC)c1ccc(-c2cccc(Cl)c2F)s1. The number of thiophene rings is 1. The highest BCUT2D eigenvalue weighted by atomic mass is 35.5. The molecule has 19 heavy (non-hydrogen) atoms. The fourth-order valence-corrected chi connectivity index (χ4v) is 3.44. The van der Waals surface area contributed by atoms with E-state index in [9.17, 15) is 4.39 Å². The summed E-state index contributed by atoms with van der Waals surface area (Å²) in [6.45, 7) is 2.16. The minimum absolute atomic E-state index is 0.172. The van der Waals surface area contributed by atoms with Gasteiger partial charge in [0.1, 0.15) is 5.82 Å². The Morgan fingerprint density at radius 2 is 2.11 bits per heavy atom. The second-order valence-electron chi connectivity index (χ2n) is 4.43. The van der Waals surface area contributed by atoms with Gasteiger partial charge in [-0.05, 0) is 31.7 Å². The number of nitrogens with one attached hydrogen (secondary N) is 1. The van der Waals surface area contributed by atoms with Crippen LogP contribution in [0.5, 0.6) is 0 Å². The maximum absolute atomic E-state index is 14.0. The summed E-state index contributed by atoms with van der Waals surface area (Å²) < 4.78 is 14.0. The maximum atomic E-state index is 14.0. The van der Waals surface area contributed by atoms with E-state index in [0.717, 1.165) is 17.7 Å². The summed E-state index contributed by atoms with van der Waals surface area (Å²) in [5.74, 6) is -0.339. The summed E-state index contributed by atoms with van der Waals surface area (Å²) in [7, 11) is 1.96. The molecule has 2 aromatic rings. The first-order valence-corrected chi connectivity index (χ1v) is 7.58. The number of hydrogen-bond donors (Lipinski definition) is 1. The Kier molecular flexibility index (Phi) is 4.97. The summed E-state index contributed by atoms with van der Waals surface area (Å²) in [4.78, 5) is 2.16. The van der Waals surface area contributed by atoms with E-state index in [4.69, 9.17) is 11.6 Å². The Morgan fingerprint density at radius 3 is 2.79 bits per heavy atom. The molecule has 0 aliphatic heterocycles. The molecule has 0 aliphatic rings. The first-order valence-electron chi connectivity index (χ1n) is 6.38. The van der Waals surface area contributed by atoms with Gasteiger partial charge in [0.25, 0.3) is 0 Å². The van der Waals surface area contributed by atoms with Gasteiger partial charge in [0.15, 0.2) is 0 Å². The van der Waals surface area contributed by atoms with E-state index in [-0.39, 0.29) is 10.8 Å². The van der Waals surface area contributed by atoms with Gasteiger partial charge in [0.05, 0.1) is 5.02 Å². The minimum atomic E-state index is -0.339. The Labute approximate surface area is 122 Å². The average molecular weight is 298 g/mol.